The SMILES string of the molecule is CC(C)CCOc1ccc(NC(=S)NC(=O)c2cccc(OCC(C)C)c2)cc1. The van der Waals surface area contributed by atoms with Gasteiger partial charge in [-0.3, -0.25) is 10.1 Å². The Morgan fingerprint density at radius 1 is 0.966 bits per heavy atom. The van der Waals surface area contributed by atoms with E-state index in [9.17, 15) is 4.79 Å². The third kappa shape index (κ3) is 8.52. The molecule has 0 fully saturated rings. The molecule has 6 heteroatoms. The monoisotopic (exact) mass is 414 g/mol. The van der Waals surface area contributed by atoms with Crippen molar-refractivity contribution in [3.63, 3.8) is 0 Å². The van der Waals surface area contributed by atoms with Gasteiger partial charge in [-0.15, -0.1) is 0 Å². The zero-order valence-corrected chi connectivity index (χ0v) is 18.3. The van der Waals surface area contributed by atoms with Crippen molar-refractivity contribution in [2.24, 2.45) is 11.8 Å². The number of nitrogens with one attached hydrogen (secondary N) is 2. The van der Waals surface area contributed by atoms with Crippen LogP contribution in [0.3, 0.4) is 0 Å². The fourth-order valence-electron chi connectivity index (χ4n) is 2.37. The summed E-state index contributed by atoms with van der Waals surface area (Å²) < 4.78 is 11.4. The maximum absolute atomic E-state index is 12.4. The van der Waals surface area contributed by atoms with Crippen molar-refractivity contribution < 1.29 is 14.3 Å². The Kier molecular flexibility index (Phi) is 8.93. The second-order valence-electron chi connectivity index (χ2n) is 7.70. The number of amides is 1. The van der Waals surface area contributed by atoms with Crippen LogP contribution in [0.2, 0.25) is 0 Å². The second kappa shape index (κ2) is 11.4. The van der Waals surface area contributed by atoms with E-state index in [1.807, 2.05) is 30.3 Å². The fraction of sp³-hybridized carbons (Fsp3) is 0.391. The summed E-state index contributed by atoms with van der Waals surface area (Å²) in [6.45, 7) is 9.78. The lowest BCUT2D eigenvalue weighted by Gasteiger charge is -2.12. The predicted octanol–water partition coefficient (Wildman–Crippen LogP) is 5.27. The van der Waals surface area contributed by atoms with Crippen LogP contribution in [0.5, 0.6) is 11.5 Å². The number of thiocarbonyl (C=S) groups is 1. The summed E-state index contributed by atoms with van der Waals surface area (Å²) in [6.07, 6.45) is 1.01. The average Bonchev–Trinajstić information content (AvgIpc) is 2.67. The van der Waals surface area contributed by atoms with Crippen LogP contribution in [-0.4, -0.2) is 24.2 Å². The molecular weight excluding hydrogens is 384 g/mol. The van der Waals surface area contributed by atoms with Crippen LogP contribution in [0, 0.1) is 11.8 Å². The van der Waals surface area contributed by atoms with E-state index in [1.165, 1.54) is 0 Å². The van der Waals surface area contributed by atoms with Gasteiger partial charge in [0.15, 0.2) is 5.11 Å². The first-order chi connectivity index (χ1) is 13.8. The van der Waals surface area contributed by atoms with E-state index in [2.05, 4.69) is 38.3 Å². The zero-order valence-electron chi connectivity index (χ0n) is 17.5. The van der Waals surface area contributed by atoms with Crippen molar-refractivity contribution in [2.75, 3.05) is 18.5 Å². The topological polar surface area (TPSA) is 59.6 Å². The van der Waals surface area contributed by atoms with Crippen LogP contribution < -0.4 is 20.1 Å². The molecule has 2 aromatic rings. The molecule has 0 unspecified atom stereocenters. The van der Waals surface area contributed by atoms with E-state index in [0.29, 0.717) is 36.4 Å². The highest BCUT2D eigenvalue weighted by Gasteiger charge is 2.10. The van der Waals surface area contributed by atoms with Crippen LogP contribution in [0.15, 0.2) is 48.5 Å². The second-order valence-corrected chi connectivity index (χ2v) is 8.10. The van der Waals surface area contributed by atoms with E-state index >= 15 is 0 Å². The molecule has 2 rings (SSSR count). The minimum Gasteiger partial charge on any atom is -0.494 e. The van der Waals surface area contributed by atoms with Gasteiger partial charge in [0.05, 0.1) is 13.2 Å². The van der Waals surface area contributed by atoms with E-state index in [0.717, 1.165) is 17.9 Å². The van der Waals surface area contributed by atoms with Gasteiger partial charge < -0.3 is 14.8 Å². The lowest BCUT2D eigenvalue weighted by molar-refractivity contribution is 0.0977. The number of anilines is 1. The van der Waals surface area contributed by atoms with E-state index in [-0.39, 0.29) is 11.0 Å². The van der Waals surface area contributed by atoms with Crippen molar-refractivity contribution in [3.05, 3.63) is 54.1 Å². The largest absolute Gasteiger partial charge is 0.494 e. The number of hydrogen-bond acceptors (Lipinski definition) is 4. The van der Waals surface area contributed by atoms with Gasteiger partial charge in [0.2, 0.25) is 0 Å². The van der Waals surface area contributed by atoms with E-state index in [4.69, 9.17) is 21.7 Å². The minimum absolute atomic E-state index is 0.233. The molecule has 0 aliphatic heterocycles. The molecule has 0 spiro atoms. The first kappa shape index (κ1) is 22.7. The van der Waals surface area contributed by atoms with Gasteiger partial charge in [0.1, 0.15) is 11.5 Å². The van der Waals surface area contributed by atoms with Gasteiger partial charge in [-0.05, 0) is 72.9 Å². The molecule has 2 N–H and O–H groups in total. The molecule has 156 valence electrons. The lowest BCUT2D eigenvalue weighted by atomic mass is 10.1. The molecule has 0 aromatic heterocycles. The Labute approximate surface area is 178 Å². The predicted molar refractivity (Wildman–Crippen MR) is 122 cm³/mol. The highest BCUT2D eigenvalue weighted by atomic mass is 32.1. The Hall–Kier alpha value is -2.60. The number of ether oxygens (including phenoxy) is 2. The summed E-state index contributed by atoms with van der Waals surface area (Å²) in [7, 11) is 0. The summed E-state index contributed by atoms with van der Waals surface area (Å²) in [6, 6.07) is 14.5. The first-order valence-corrected chi connectivity index (χ1v) is 10.3. The number of benzene rings is 2. The van der Waals surface area contributed by atoms with Gasteiger partial charge >= 0.3 is 0 Å². The van der Waals surface area contributed by atoms with Gasteiger partial charge in [-0.1, -0.05) is 33.8 Å². The summed E-state index contributed by atoms with van der Waals surface area (Å²) in [4.78, 5) is 12.4. The quantitative estimate of drug-likeness (QED) is 0.547. The molecule has 0 aliphatic rings. The smallest absolute Gasteiger partial charge is 0.257 e. The van der Waals surface area contributed by atoms with Crippen LogP contribution in [0.1, 0.15) is 44.5 Å². The maximum atomic E-state index is 12.4. The minimum atomic E-state index is -0.286. The fourth-order valence-corrected chi connectivity index (χ4v) is 2.59. The normalized spacial score (nSPS) is 10.7. The number of carbonyl (C=O) groups excluding carboxylic acids is 1. The highest BCUT2D eigenvalue weighted by Crippen LogP contribution is 2.17. The van der Waals surface area contributed by atoms with Gasteiger partial charge in [-0.25, -0.2) is 0 Å². The molecule has 0 saturated carbocycles. The molecule has 0 heterocycles. The molecule has 0 atom stereocenters. The first-order valence-electron chi connectivity index (χ1n) is 9.91. The molecule has 2 aromatic carbocycles. The summed E-state index contributed by atoms with van der Waals surface area (Å²) in [5.41, 5.74) is 1.27. The van der Waals surface area contributed by atoms with Crippen molar-refractivity contribution in [1.29, 1.82) is 0 Å². The zero-order chi connectivity index (χ0) is 21.2. The third-order valence-corrected chi connectivity index (χ3v) is 4.19. The van der Waals surface area contributed by atoms with Crippen LogP contribution in [-0.2, 0) is 0 Å². The van der Waals surface area contributed by atoms with Crippen molar-refractivity contribution >= 4 is 28.9 Å². The molecule has 5 nitrogen and oxygen atoms in total. The van der Waals surface area contributed by atoms with Crippen molar-refractivity contribution in [1.82, 2.24) is 5.32 Å². The molecule has 0 bridgehead atoms. The number of rotatable bonds is 9. The van der Waals surface area contributed by atoms with Crippen LogP contribution in [0.4, 0.5) is 5.69 Å². The Morgan fingerprint density at radius 2 is 1.69 bits per heavy atom. The molecular formula is C23H30N2O3S. The molecule has 1 amide bonds. The van der Waals surface area contributed by atoms with Gasteiger partial charge in [-0.2, -0.15) is 0 Å². The third-order valence-electron chi connectivity index (χ3n) is 3.98. The summed E-state index contributed by atoms with van der Waals surface area (Å²) >= 11 is 5.26. The molecule has 0 aliphatic carbocycles. The maximum Gasteiger partial charge on any atom is 0.257 e. The molecule has 0 saturated heterocycles. The van der Waals surface area contributed by atoms with Crippen LogP contribution >= 0.6 is 12.2 Å². The van der Waals surface area contributed by atoms with Crippen molar-refractivity contribution in [3.8, 4) is 11.5 Å². The molecule has 29 heavy (non-hydrogen) atoms. The highest BCUT2D eigenvalue weighted by molar-refractivity contribution is 7.80. The summed E-state index contributed by atoms with van der Waals surface area (Å²) in [5, 5.41) is 5.94. The number of hydrogen-bond donors (Lipinski definition) is 2. The van der Waals surface area contributed by atoms with E-state index < -0.39 is 0 Å². The standard InChI is InChI=1S/C23H30N2O3S/c1-16(2)12-13-27-20-10-8-19(9-11-20)24-23(29)25-22(26)18-6-5-7-21(14-18)28-15-17(3)4/h5-11,14,16-17H,12-13,15H2,1-4H3,(H2,24,25,26,29). The number of carbonyl (C=O) groups is 1. The Morgan fingerprint density at radius 3 is 2.34 bits per heavy atom. The van der Waals surface area contributed by atoms with Gasteiger partial charge in [0.25, 0.3) is 5.91 Å². The lowest BCUT2D eigenvalue weighted by Crippen LogP contribution is -2.34. The average molecular weight is 415 g/mol. The molecule has 0 radical (unpaired) electrons. The summed E-state index contributed by atoms with van der Waals surface area (Å²) in [5.74, 6) is 2.21. The van der Waals surface area contributed by atoms with Gasteiger partial charge in [0, 0.05) is 11.3 Å². The van der Waals surface area contributed by atoms with Crippen LogP contribution in [0.25, 0.3) is 0 Å². The van der Waals surface area contributed by atoms with Crippen molar-refractivity contribution in [2.45, 2.75) is 34.1 Å². The Balaban J connectivity index is 1.85. The Bertz CT molecular complexity index is 804. The van der Waals surface area contributed by atoms with E-state index in [1.54, 1.807) is 18.2 Å².